The van der Waals surface area contributed by atoms with Crippen molar-refractivity contribution in [3.05, 3.63) is 24.3 Å². The van der Waals surface area contributed by atoms with Crippen molar-refractivity contribution in [2.75, 3.05) is 29.6 Å². The molecule has 27 heavy (non-hydrogen) atoms. The number of nitrogens with one attached hydrogen (secondary N) is 1. The lowest BCUT2D eigenvalue weighted by molar-refractivity contribution is -0.157. The van der Waals surface area contributed by atoms with Gasteiger partial charge < -0.3 is 10.1 Å². The summed E-state index contributed by atoms with van der Waals surface area (Å²) in [6, 6.07) is 5.90. The molecule has 1 N–H and O–H groups in total. The molecule has 2 heterocycles. The number of hydrogen-bond donors (Lipinski definition) is 1. The molecule has 0 spiro atoms. The average Bonchev–Trinajstić information content (AvgIpc) is 3.10. The summed E-state index contributed by atoms with van der Waals surface area (Å²) in [4.78, 5) is 38.3. The smallest absolute Gasteiger partial charge is 0.325 e. The monoisotopic (exact) mass is 395 g/mol. The number of carbonyl (C=O) groups is 3. The zero-order valence-electron chi connectivity index (χ0n) is 15.0. The number of anilines is 2. The third kappa shape index (κ3) is 3.96. The number of amides is 2. The molecule has 2 atom stereocenters. The summed E-state index contributed by atoms with van der Waals surface area (Å²) in [6.45, 7) is 1.48. The van der Waals surface area contributed by atoms with Gasteiger partial charge in [0.05, 0.1) is 17.6 Å². The van der Waals surface area contributed by atoms with E-state index in [1.165, 1.54) is 11.8 Å². The summed E-state index contributed by atoms with van der Waals surface area (Å²) in [7, 11) is -3.54. The van der Waals surface area contributed by atoms with Crippen LogP contribution in [0.1, 0.15) is 19.8 Å². The Kier molecular flexibility index (Phi) is 5.20. The Morgan fingerprint density at radius 3 is 2.70 bits per heavy atom. The summed E-state index contributed by atoms with van der Waals surface area (Å²) >= 11 is 0. The number of benzene rings is 1. The minimum atomic E-state index is -3.54. The molecule has 1 fully saturated rings. The largest absolute Gasteiger partial charge is 0.451 e. The lowest BCUT2D eigenvalue weighted by Gasteiger charge is -2.31. The molecule has 1 saturated heterocycles. The second-order valence-corrected chi connectivity index (χ2v) is 8.54. The standard InChI is InChI=1S/C17H21N3O6S/c1-11(26-17(23)14-8-5-9-20(14)27(2,24)25)16(22)19-10-15(21)18-12-6-3-4-7-13(12)19/h3-4,6-7,11,14H,5,8-10H2,1-2H3,(H,18,21)/t11-,14-/m1/s1. The molecular weight excluding hydrogens is 374 g/mol. The third-order valence-electron chi connectivity index (χ3n) is 4.58. The zero-order chi connectivity index (χ0) is 19.8. The Labute approximate surface area is 157 Å². The van der Waals surface area contributed by atoms with Crippen molar-refractivity contribution < 1.29 is 27.5 Å². The maximum absolute atomic E-state index is 12.8. The first-order valence-electron chi connectivity index (χ1n) is 8.56. The van der Waals surface area contributed by atoms with E-state index >= 15 is 0 Å². The summed E-state index contributed by atoms with van der Waals surface area (Å²) in [5.41, 5.74) is 1.02. The summed E-state index contributed by atoms with van der Waals surface area (Å²) in [5, 5.41) is 2.68. The number of para-hydroxylation sites is 2. The topological polar surface area (TPSA) is 113 Å². The number of fused-ring (bicyclic) bond motifs is 1. The van der Waals surface area contributed by atoms with Crippen molar-refractivity contribution >= 4 is 39.2 Å². The molecule has 146 valence electrons. The fourth-order valence-corrected chi connectivity index (χ4v) is 4.44. The van der Waals surface area contributed by atoms with Crippen LogP contribution in [-0.2, 0) is 29.1 Å². The predicted molar refractivity (Wildman–Crippen MR) is 97.6 cm³/mol. The molecule has 0 radical (unpaired) electrons. The molecule has 1 aromatic carbocycles. The van der Waals surface area contributed by atoms with Gasteiger partial charge in [-0.2, -0.15) is 4.31 Å². The molecule has 10 heteroatoms. The first-order chi connectivity index (χ1) is 12.7. The Morgan fingerprint density at radius 1 is 1.30 bits per heavy atom. The molecule has 0 saturated carbocycles. The van der Waals surface area contributed by atoms with Crippen LogP contribution in [-0.4, -0.2) is 62.0 Å². The van der Waals surface area contributed by atoms with Gasteiger partial charge >= 0.3 is 5.97 Å². The van der Waals surface area contributed by atoms with Gasteiger partial charge in [-0.05, 0) is 31.9 Å². The zero-order valence-corrected chi connectivity index (χ0v) is 15.9. The van der Waals surface area contributed by atoms with Crippen molar-refractivity contribution in [3.8, 4) is 0 Å². The van der Waals surface area contributed by atoms with Crippen molar-refractivity contribution in [2.45, 2.75) is 31.9 Å². The molecule has 0 aliphatic carbocycles. The number of nitrogens with zero attached hydrogens (tertiary/aromatic N) is 2. The van der Waals surface area contributed by atoms with Crippen LogP contribution in [0.15, 0.2) is 24.3 Å². The van der Waals surface area contributed by atoms with Crippen LogP contribution in [0.2, 0.25) is 0 Å². The van der Waals surface area contributed by atoms with Gasteiger partial charge in [0.2, 0.25) is 15.9 Å². The van der Waals surface area contributed by atoms with E-state index in [1.807, 2.05) is 0 Å². The first-order valence-corrected chi connectivity index (χ1v) is 10.4. The Balaban J connectivity index is 1.73. The van der Waals surface area contributed by atoms with E-state index in [-0.39, 0.29) is 19.0 Å². The normalized spacial score (nSPS) is 21.3. The quantitative estimate of drug-likeness (QED) is 0.735. The van der Waals surface area contributed by atoms with Crippen LogP contribution in [0.3, 0.4) is 0 Å². The van der Waals surface area contributed by atoms with E-state index in [0.29, 0.717) is 24.2 Å². The van der Waals surface area contributed by atoms with Crippen LogP contribution in [0.25, 0.3) is 0 Å². The number of hydrogen-bond acceptors (Lipinski definition) is 6. The van der Waals surface area contributed by atoms with Gasteiger partial charge in [0, 0.05) is 6.54 Å². The van der Waals surface area contributed by atoms with E-state index in [1.54, 1.807) is 24.3 Å². The first kappa shape index (κ1) is 19.3. The van der Waals surface area contributed by atoms with Crippen molar-refractivity contribution in [1.82, 2.24) is 4.31 Å². The van der Waals surface area contributed by atoms with E-state index in [4.69, 9.17) is 4.74 Å². The highest BCUT2D eigenvalue weighted by atomic mass is 32.2. The van der Waals surface area contributed by atoms with Crippen LogP contribution in [0.5, 0.6) is 0 Å². The van der Waals surface area contributed by atoms with Gasteiger partial charge in [-0.15, -0.1) is 0 Å². The molecule has 3 rings (SSSR count). The minimum Gasteiger partial charge on any atom is -0.451 e. The minimum absolute atomic E-state index is 0.184. The Morgan fingerprint density at radius 2 is 2.00 bits per heavy atom. The van der Waals surface area contributed by atoms with Gasteiger partial charge in [0.15, 0.2) is 6.10 Å². The van der Waals surface area contributed by atoms with Gasteiger partial charge in [-0.25, -0.2) is 8.42 Å². The van der Waals surface area contributed by atoms with E-state index < -0.39 is 34.0 Å². The van der Waals surface area contributed by atoms with Gasteiger partial charge in [0.25, 0.3) is 5.91 Å². The number of sulfonamides is 1. The number of ether oxygens (including phenoxy) is 1. The van der Waals surface area contributed by atoms with Gasteiger partial charge in [0.1, 0.15) is 12.6 Å². The maximum Gasteiger partial charge on any atom is 0.325 e. The molecule has 2 amide bonds. The predicted octanol–water partition coefficient (Wildman–Crippen LogP) is 0.327. The molecule has 0 bridgehead atoms. The second-order valence-electron chi connectivity index (χ2n) is 6.60. The summed E-state index contributed by atoms with van der Waals surface area (Å²) in [5.74, 6) is -1.65. The fraction of sp³-hybridized carbons (Fsp3) is 0.471. The average molecular weight is 395 g/mol. The fourth-order valence-electron chi connectivity index (χ4n) is 3.33. The molecule has 1 aromatic rings. The molecule has 9 nitrogen and oxygen atoms in total. The van der Waals surface area contributed by atoms with Crippen LogP contribution in [0.4, 0.5) is 11.4 Å². The molecular formula is C17H21N3O6S. The highest BCUT2D eigenvalue weighted by Gasteiger charge is 2.39. The van der Waals surface area contributed by atoms with E-state index in [9.17, 15) is 22.8 Å². The lowest BCUT2D eigenvalue weighted by Crippen LogP contribution is -2.48. The SMILES string of the molecule is C[C@@H](OC(=O)[C@H]1CCCN1S(C)(=O)=O)C(=O)N1CC(=O)Nc2ccccc21. The number of rotatable bonds is 4. The Bertz CT molecular complexity index is 884. The summed E-state index contributed by atoms with van der Waals surface area (Å²) < 4.78 is 29.9. The molecule has 2 aliphatic rings. The summed E-state index contributed by atoms with van der Waals surface area (Å²) in [6.07, 6.45) is 0.783. The second kappa shape index (κ2) is 7.28. The Hall–Kier alpha value is -2.46. The van der Waals surface area contributed by atoms with Crippen LogP contribution < -0.4 is 10.2 Å². The van der Waals surface area contributed by atoms with Crippen molar-refractivity contribution in [3.63, 3.8) is 0 Å². The maximum atomic E-state index is 12.8. The number of carbonyl (C=O) groups excluding carboxylic acids is 3. The van der Waals surface area contributed by atoms with E-state index in [2.05, 4.69) is 5.32 Å². The molecule has 0 aromatic heterocycles. The van der Waals surface area contributed by atoms with E-state index in [0.717, 1.165) is 10.6 Å². The molecule has 0 unspecified atom stereocenters. The highest BCUT2D eigenvalue weighted by molar-refractivity contribution is 7.88. The number of esters is 1. The lowest BCUT2D eigenvalue weighted by atomic mass is 10.1. The van der Waals surface area contributed by atoms with Gasteiger partial charge in [-0.3, -0.25) is 19.3 Å². The van der Waals surface area contributed by atoms with Crippen molar-refractivity contribution in [2.24, 2.45) is 0 Å². The van der Waals surface area contributed by atoms with Crippen LogP contribution in [0, 0.1) is 0 Å². The molecule has 2 aliphatic heterocycles. The third-order valence-corrected chi connectivity index (χ3v) is 5.87. The van der Waals surface area contributed by atoms with Gasteiger partial charge in [-0.1, -0.05) is 12.1 Å². The highest BCUT2D eigenvalue weighted by Crippen LogP contribution is 2.30. The van der Waals surface area contributed by atoms with Crippen LogP contribution >= 0.6 is 0 Å². The van der Waals surface area contributed by atoms with Crippen molar-refractivity contribution in [1.29, 1.82) is 0 Å².